The van der Waals surface area contributed by atoms with Crippen LogP contribution < -0.4 is 5.32 Å². The molecule has 0 saturated carbocycles. The summed E-state index contributed by atoms with van der Waals surface area (Å²) in [5.41, 5.74) is 0. The standard InChI is InChI=1S/C62H111NO10/c1-4-7-10-13-16-19-22-25-26-27-28-29-30-32-35-38-41-44-47-50-57(67)73-60-59(69)58(68)56(51-64)72-62(60)71-52-53(54(65)48-45-42-39-36-33-24-21-18-15-12-9-6-3)63-61(70)55(66)49-46-43-40-37-34-31-23-20-17-14-11-8-5-2/h8,11,16-17,19-20,25-26,45,48,53-56,58-60,62,64-66,68-69H,4-7,9-10,12-15,18,21-24,27-44,46-47,49-52H2,1-3H3,(H,63,70)/b11-8+,19-16-,20-17+,26-25-,48-45+. The largest absolute Gasteiger partial charge is 0.454 e. The minimum Gasteiger partial charge on any atom is -0.454 e. The van der Waals surface area contributed by atoms with Gasteiger partial charge in [-0.25, -0.2) is 0 Å². The van der Waals surface area contributed by atoms with E-state index in [1.807, 2.05) is 6.08 Å². The molecule has 0 aromatic carbocycles. The van der Waals surface area contributed by atoms with E-state index in [0.717, 1.165) is 103 Å². The van der Waals surface area contributed by atoms with Gasteiger partial charge in [0, 0.05) is 6.42 Å². The van der Waals surface area contributed by atoms with Gasteiger partial charge < -0.3 is 45.1 Å². The first kappa shape index (κ1) is 68.4. The first-order chi connectivity index (χ1) is 35.7. The predicted molar refractivity (Wildman–Crippen MR) is 301 cm³/mol. The molecule has 1 saturated heterocycles. The number of allylic oxidation sites excluding steroid dienone is 9. The van der Waals surface area contributed by atoms with E-state index >= 15 is 0 Å². The van der Waals surface area contributed by atoms with Crippen molar-refractivity contribution in [2.75, 3.05) is 13.2 Å². The minimum atomic E-state index is -1.62. The number of carbonyl (C=O) groups excluding carboxylic acids is 2. The first-order valence-corrected chi connectivity index (χ1v) is 30.1. The lowest BCUT2D eigenvalue weighted by Crippen LogP contribution is -2.61. The van der Waals surface area contributed by atoms with Crippen molar-refractivity contribution in [3.63, 3.8) is 0 Å². The molecule has 0 radical (unpaired) electrons. The molecule has 1 rings (SSSR count). The number of amides is 1. The molecule has 0 spiro atoms. The fourth-order valence-electron chi connectivity index (χ4n) is 9.13. The summed E-state index contributed by atoms with van der Waals surface area (Å²) in [6.45, 7) is 5.65. The number of carbonyl (C=O) groups is 2. The summed E-state index contributed by atoms with van der Waals surface area (Å²) in [4.78, 5) is 26.5. The van der Waals surface area contributed by atoms with Crippen LogP contribution in [0.4, 0.5) is 0 Å². The molecule has 0 aromatic rings. The van der Waals surface area contributed by atoms with E-state index in [9.17, 15) is 35.1 Å². The average Bonchev–Trinajstić information content (AvgIpc) is 3.39. The molecule has 424 valence electrons. The van der Waals surface area contributed by atoms with Crippen molar-refractivity contribution < 1.29 is 49.3 Å². The van der Waals surface area contributed by atoms with Crippen molar-refractivity contribution in [1.29, 1.82) is 0 Å². The summed E-state index contributed by atoms with van der Waals surface area (Å²) < 4.78 is 17.6. The smallest absolute Gasteiger partial charge is 0.306 e. The third-order valence-electron chi connectivity index (χ3n) is 13.9. The van der Waals surface area contributed by atoms with Gasteiger partial charge in [0.25, 0.3) is 0 Å². The van der Waals surface area contributed by atoms with E-state index < -0.39 is 67.4 Å². The zero-order valence-corrected chi connectivity index (χ0v) is 46.7. The van der Waals surface area contributed by atoms with Crippen LogP contribution in [-0.4, -0.2) is 99.6 Å². The molecule has 1 heterocycles. The van der Waals surface area contributed by atoms with Crippen LogP contribution in [0.2, 0.25) is 0 Å². The Morgan fingerprint density at radius 2 is 0.986 bits per heavy atom. The van der Waals surface area contributed by atoms with Crippen LogP contribution in [0.15, 0.2) is 60.8 Å². The van der Waals surface area contributed by atoms with E-state index in [2.05, 4.69) is 74.7 Å². The van der Waals surface area contributed by atoms with Crippen LogP contribution in [0.3, 0.4) is 0 Å². The molecule has 6 N–H and O–H groups in total. The summed E-state index contributed by atoms with van der Waals surface area (Å²) in [6.07, 6.45) is 51.1. The summed E-state index contributed by atoms with van der Waals surface area (Å²) in [6, 6.07) is -1.03. The van der Waals surface area contributed by atoms with Crippen LogP contribution in [0.1, 0.15) is 258 Å². The Balaban J connectivity index is 2.69. The fourth-order valence-corrected chi connectivity index (χ4v) is 9.13. The second-order valence-corrected chi connectivity index (χ2v) is 20.7. The Morgan fingerprint density at radius 1 is 0.548 bits per heavy atom. The second-order valence-electron chi connectivity index (χ2n) is 20.7. The molecule has 8 unspecified atom stereocenters. The molecular weight excluding hydrogens is 919 g/mol. The molecule has 1 fully saturated rings. The van der Waals surface area contributed by atoms with Gasteiger partial charge in [-0.1, -0.05) is 229 Å². The van der Waals surface area contributed by atoms with Gasteiger partial charge >= 0.3 is 5.97 Å². The van der Waals surface area contributed by atoms with Gasteiger partial charge in [0.2, 0.25) is 5.91 Å². The molecule has 1 amide bonds. The molecule has 1 aliphatic heterocycles. The summed E-state index contributed by atoms with van der Waals surface area (Å²) in [5, 5.41) is 56.9. The van der Waals surface area contributed by atoms with Gasteiger partial charge in [0.05, 0.1) is 25.4 Å². The molecule has 0 bridgehead atoms. The summed E-state index contributed by atoms with van der Waals surface area (Å²) >= 11 is 0. The molecule has 73 heavy (non-hydrogen) atoms. The lowest BCUT2D eigenvalue weighted by molar-refractivity contribution is -0.305. The van der Waals surface area contributed by atoms with Gasteiger partial charge in [-0.2, -0.15) is 0 Å². The number of hydrogen-bond acceptors (Lipinski definition) is 10. The number of rotatable bonds is 50. The van der Waals surface area contributed by atoms with E-state index in [1.165, 1.54) is 109 Å². The van der Waals surface area contributed by atoms with Gasteiger partial charge in [0.15, 0.2) is 12.4 Å². The molecule has 11 heteroatoms. The number of aliphatic hydroxyl groups is 5. The second kappa shape index (κ2) is 50.2. The van der Waals surface area contributed by atoms with E-state index in [0.29, 0.717) is 12.8 Å². The fraction of sp³-hybridized carbons (Fsp3) is 0.806. The number of hydrogen-bond donors (Lipinski definition) is 6. The predicted octanol–water partition coefficient (Wildman–Crippen LogP) is 13.8. The molecule has 1 aliphatic rings. The maximum Gasteiger partial charge on any atom is 0.306 e. The zero-order chi connectivity index (χ0) is 53.3. The highest BCUT2D eigenvalue weighted by Gasteiger charge is 2.47. The van der Waals surface area contributed by atoms with Crippen LogP contribution in [0.5, 0.6) is 0 Å². The van der Waals surface area contributed by atoms with Crippen molar-refractivity contribution in [3.05, 3.63) is 60.8 Å². The van der Waals surface area contributed by atoms with Crippen molar-refractivity contribution in [3.8, 4) is 0 Å². The molecular formula is C62H111NO10. The van der Waals surface area contributed by atoms with Crippen LogP contribution in [-0.2, 0) is 23.8 Å². The van der Waals surface area contributed by atoms with Crippen LogP contribution >= 0.6 is 0 Å². The number of unbranched alkanes of at least 4 members (excludes halogenated alkanes) is 28. The number of ether oxygens (including phenoxy) is 3. The Labute approximate surface area is 446 Å². The molecule has 0 aromatic heterocycles. The topological polar surface area (TPSA) is 175 Å². The van der Waals surface area contributed by atoms with Crippen LogP contribution in [0, 0.1) is 0 Å². The Hall–Kier alpha value is -2.64. The average molecular weight is 1030 g/mol. The lowest BCUT2D eigenvalue weighted by Gasteiger charge is -2.41. The molecule has 0 aliphatic carbocycles. The maximum absolute atomic E-state index is 13.4. The number of aliphatic hydroxyl groups excluding tert-OH is 5. The van der Waals surface area contributed by atoms with Crippen molar-refractivity contribution in [2.45, 2.75) is 307 Å². The monoisotopic (exact) mass is 1030 g/mol. The van der Waals surface area contributed by atoms with Crippen molar-refractivity contribution in [1.82, 2.24) is 5.32 Å². The van der Waals surface area contributed by atoms with Gasteiger partial charge in [-0.3, -0.25) is 9.59 Å². The Kier molecular flexibility index (Phi) is 47.0. The van der Waals surface area contributed by atoms with Gasteiger partial charge in [-0.05, 0) is 83.5 Å². The SMILES string of the molecule is CC/C=C/C/C=C/CCCCCCCCC(O)C(=O)NC(COC1OC(CO)C(O)C(O)C1OC(=O)CCCCCCCCCCC/C=C\C/C=C\CCCCC)C(O)/C=C/CCCCCCCCCCCC. The number of nitrogens with one attached hydrogen (secondary N) is 1. The van der Waals surface area contributed by atoms with Gasteiger partial charge in [-0.15, -0.1) is 0 Å². The lowest BCUT2D eigenvalue weighted by atomic mass is 9.99. The summed E-state index contributed by atoms with van der Waals surface area (Å²) in [5.74, 6) is -1.21. The highest BCUT2D eigenvalue weighted by Crippen LogP contribution is 2.26. The third-order valence-corrected chi connectivity index (χ3v) is 13.9. The van der Waals surface area contributed by atoms with Crippen molar-refractivity contribution in [2.24, 2.45) is 0 Å². The number of esters is 1. The maximum atomic E-state index is 13.4. The normalized spacial score (nSPS) is 19.8. The van der Waals surface area contributed by atoms with Gasteiger partial charge in [0.1, 0.15) is 24.4 Å². The highest BCUT2D eigenvalue weighted by atomic mass is 16.7. The quantitative estimate of drug-likeness (QED) is 0.0195. The molecule has 11 nitrogen and oxygen atoms in total. The highest BCUT2D eigenvalue weighted by molar-refractivity contribution is 5.80. The summed E-state index contributed by atoms with van der Waals surface area (Å²) in [7, 11) is 0. The minimum absolute atomic E-state index is 0.117. The van der Waals surface area contributed by atoms with Crippen molar-refractivity contribution >= 4 is 11.9 Å². The Bertz CT molecular complexity index is 1420. The van der Waals surface area contributed by atoms with Crippen LogP contribution in [0.25, 0.3) is 0 Å². The molecule has 8 atom stereocenters. The van der Waals surface area contributed by atoms with E-state index in [1.54, 1.807) is 6.08 Å². The van der Waals surface area contributed by atoms with E-state index in [-0.39, 0.29) is 19.4 Å². The zero-order valence-electron chi connectivity index (χ0n) is 46.7. The third kappa shape index (κ3) is 38.5. The Morgan fingerprint density at radius 3 is 1.49 bits per heavy atom. The van der Waals surface area contributed by atoms with E-state index in [4.69, 9.17) is 14.2 Å². The first-order valence-electron chi connectivity index (χ1n) is 30.1.